The molecule has 2 atom stereocenters. The van der Waals surface area contributed by atoms with Crippen molar-refractivity contribution in [3.8, 4) is 0 Å². The molecule has 14 heavy (non-hydrogen) atoms. The third-order valence-electron chi connectivity index (χ3n) is 1.60. The van der Waals surface area contributed by atoms with Gasteiger partial charge in [0.1, 0.15) is 17.4 Å². The lowest BCUT2D eigenvalue weighted by atomic mass is 10.0. The first-order valence-corrected chi connectivity index (χ1v) is 5.08. The molecule has 1 N–H and O–H groups in total. The van der Waals surface area contributed by atoms with Crippen LogP contribution in [0.15, 0.2) is 0 Å². The van der Waals surface area contributed by atoms with Crippen LogP contribution < -0.4 is 0 Å². The fourth-order valence-electron chi connectivity index (χ4n) is 0.999. The summed E-state index contributed by atoms with van der Waals surface area (Å²) in [6.07, 6.45) is 0.322. The summed E-state index contributed by atoms with van der Waals surface area (Å²) < 4.78 is 24.6. The second kappa shape index (κ2) is 6.07. The van der Waals surface area contributed by atoms with Crippen LogP contribution in [0.5, 0.6) is 0 Å². The van der Waals surface area contributed by atoms with Gasteiger partial charge in [0.15, 0.2) is 0 Å². The van der Waals surface area contributed by atoms with Gasteiger partial charge >= 0.3 is 5.97 Å². The molecule has 0 heterocycles. The molecule has 0 saturated carbocycles. The number of carbonyl (C=O) groups is 1. The van der Waals surface area contributed by atoms with Crippen LogP contribution in [-0.2, 0) is 20.4 Å². The molecule has 0 aliphatic rings. The van der Waals surface area contributed by atoms with Crippen LogP contribution in [0, 0.1) is 5.92 Å². The Morgan fingerprint density at radius 1 is 1.64 bits per heavy atom. The Morgan fingerprint density at radius 3 is 2.43 bits per heavy atom. The van der Waals surface area contributed by atoms with Crippen molar-refractivity contribution in [2.24, 2.45) is 5.92 Å². The van der Waals surface area contributed by atoms with Crippen molar-refractivity contribution in [1.82, 2.24) is 5.06 Å². The van der Waals surface area contributed by atoms with E-state index in [-0.39, 0.29) is 5.92 Å². The van der Waals surface area contributed by atoms with Crippen molar-refractivity contribution < 1.29 is 22.9 Å². The zero-order valence-corrected chi connectivity index (χ0v) is 9.11. The zero-order valence-electron chi connectivity index (χ0n) is 8.30. The van der Waals surface area contributed by atoms with E-state index >= 15 is 0 Å². The lowest BCUT2D eigenvalue weighted by Gasteiger charge is -2.25. The number of likely N-dealkylation sites (N-methyl/N-ethyl adjacent to an activating group) is 1. The molecule has 0 radical (unpaired) electrons. The predicted octanol–water partition coefficient (Wildman–Crippen LogP) is 0.143. The molecule has 2 unspecified atom stereocenters. The van der Waals surface area contributed by atoms with Gasteiger partial charge in [-0.2, -0.15) is 5.06 Å². The maximum Gasteiger partial charge on any atom is 0.323 e. The summed E-state index contributed by atoms with van der Waals surface area (Å²) in [7, 11) is 1.27. The van der Waals surface area contributed by atoms with E-state index in [1.165, 1.54) is 7.05 Å². The number of carboxylic acids is 1. The minimum absolute atomic E-state index is 0.141. The molecule has 0 bridgehead atoms. The van der Waals surface area contributed by atoms with Crippen molar-refractivity contribution in [2.75, 3.05) is 7.05 Å². The van der Waals surface area contributed by atoms with Gasteiger partial charge in [-0.15, -0.1) is 0 Å². The van der Waals surface area contributed by atoms with Gasteiger partial charge in [-0.25, -0.2) is 8.49 Å². The van der Waals surface area contributed by atoms with Crippen LogP contribution in [-0.4, -0.2) is 38.0 Å². The Kier molecular flexibility index (Phi) is 5.86. The summed E-state index contributed by atoms with van der Waals surface area (Å²) in [6, 6.07) is -0.951. The maximum absolute atomic E-state index is 10.7. The Balaban J connectivity index is 4.33. The fourth-order valence-corrected chi connectivity index (χ4v) is 1.30. The number of nitrogens with zero attached hydrogens (tertiary/aromatic N) is 1. The molecule has 6 nitrogen and oxygen atoms in total. The normalized spacial score (nSPS) is 15.9. The first kappa shape index (κ1) is 13.5. The largest absolute Gasteiger partial charge is 0.748 e. The van der Waals surface area contributed by atoms with Gasteiger partial charge in [0.2, 0.25) is 0 Å². The zero-order chi connectivity index (χ0) is 11.3. The SMILES string of the molecule is CC(C)CC(C(=O)O)N(C)OS(=O)[O-]. The average Bonchev–Trinajstić information content (AvgIpc) is 1.97. The van der Waals surface area contributed by atoms with Crippen molar-refractivity contribution in [3.63, 3.8) is 0 Å². The lowest BCUT2D eigenvalue weighted by molar-refractivity contribution is -0.157. The Labute approximate surface area is 85.3 Å². The molecule has 0 aromatic heterocycles. The molecule has 0 aromatic rings. The second-order valence-electron chi connectivity index (χ2n) is 3.31. The summed E-state index contributed by atoms with van der Waals surface area (Å²) >= 11 is -2.74. The van der Waals surface area contributed by atoms with Gasteiger partial charge in [-0.05, 0) is 12.3 Å². The third kappa shape index (κ3) is 5.28. The highest BCUT2D eigenvalue weighted by molar-refractivity contribution is 7.74. The Morgan fingerprint density at radius 2 is 2.14 bits per heavy atom. The summed E-state index contributed by atoms with van der Waals surface area (Å²) in [4.78, 5) is 10.7. The summed E-state index contributed by atoms with van der Waals surface area (Å²) in [5, 5.41) is 9.61. The Bertz CT molecular complexity index is 220. The molecular formula is C7H14NO5S-. The first-order chi connectivity index (χ1) is 6.34. The number of hydrogen-bond acceptors (Lipinski definition) is 5. The van der Waals surface area contributed by atoms with Crippen molar-refractivity contribution in [3.05, 3.63) is 0 Å². The number of aliphatic carboxylic acids is 1. The first-order valence-electron chi connectivity index (χ1n) is 4.08. The van der Waals surface area contributed by atoms with Crippen molar-refractivity contribution in [2.45, 2.75) is 26.3 Å². The van der Waals surface area contributed by atoms with Crippen molar-refractivity contribution in [1.29, 1.82) is 0 Å². The van der Waals surface area contributed by atoms with Crippen LogP contribution in [0.1, 0.15) is 20.3 Å². The minimum Gasteiger partial charge on any atom is -0.748 e. The van der Waals surface area contributed by atoms with E-state index in [1.807, 2.05) is 13.8 Å². The van der Waals surface area contributed by atoms with E-state index in [2.05, 4.69) is 4.28 Å². The lowest BCUT2D eigenvalue weighted by Crippen LogP contribution is -2.39. The molecular weight excluding hydrogens is 210 g/mol. The van der Waals surface area contributed by atoms with E-state index in [0.29, 0.717) is 6.42 Å². The smallest absolute Gasteiger partial charge is 0.323 e. The highest BCUT2D eigenvalue weighted by Gasteiger charge is 2.24. The van der Waals surface area contributed by atoms with Crippen molar-refractivity contribution >= 4 is 17.3 Å². The molecule has 0 aromatic carbocycles. The van der Waals surface area contributed by atoms with Gasteiger partial charge in [-0.1, -0.05) is 13.8 Å². The summed E-state index contributed by atoms with van der Waals surface area (Å²) in [5.41, 5.74) is 0. The average molecular weight is 224 g/mol. The second-order valence-corrected chi connectivity index (χ2v) is 3.87. The molecule has 0 amide bonds. The van der Waals surface area contributed by atoms with Crippen LogP contribution >= 0.6 is 0 Å². The third-order valence-corrected chi connectivity index (χ3v) is 1.95. The summed E-state index contributed by atoms with van der Waals surface area (Å²) in [6.45, 7) is 3.69. The standard InChI is InChI=1S/C7H15NO5S/c1-5(2)4-6(7(9)10)8(3)13-14(11)12/h5-6H,4H2,1-3H3,(H,9,10)(H,11,12)/p-1. The predicted molar refractivity (Wildman–Crippen MR) is 48.6 cm³/mol. The van der Waals surface area contributed by atoms with E-state index in [9.17, 15) is 13.6 Å². The number of carboxylic acid groups (broad SMARTS) is 1. The van der Waals surface area contributed by atoms with Crippen LogP contribution in [0.3, 0.4) is 0 Å². The molecule has 7 heteroatoms. The summed E-state index contributed by atoms with van der Waals surface area (Å²) in [5.74, 6) is -0.964. The monoisotopic (exact) mass is 224 g/mol. The Hall–Kier alpha value is -0.500. The van der Waals surface area contributed by atoms with E-state index < -0.39 is 23.4 Å². The fraction of sp³-hybridized carbons (Fsp3) is 0.857. The number of hydroxylamine groups is 2. The van der Waals surface area contributed by atoms with Crippen LogP contribution in [0.4, 0.5) is 0 Å². The molecule has 0 rings (SSSR count). The molecule has 0 spiro atoms. The van der Waals surface area contributed by atoms with E-state index in [1.54, 1.807) is 0 Å². The molecule has 0 saturated heterocycles. The molecule has 0 aliphatic heterocycles. The van der Waals surface area contributed by atoms with Gasteiger partial charge in [0.25, 0.3) is 0 Å². The topological polar surface area (TPSA) is 89.9 Å². The highest BCUT2D eigenvalue weighted by Crippen LogP contribution is 2.11. The van der Waals surface area contributed by atoms with Gasteiger partial charge in [-0.3, -0.25) is 4.79 Å². The van der Waals surface area contributed by atoms with Gasteiger partial charge in [0.05, 0.1) is 0 Å². The van der Waals surface area contributed by atoms with Gasteiger partial charge in [0, 0.05) is 7.05 Å². The van der Waals surface area contributed by atoms with E-state index in [4.69, 9.17) is 5.11 Å². The highest BCUT2D eigenvalue weighted by atomic mass is 32.2. The van der Waals surface area contributed by atoms with Crippen LogP contribution in [0.25, 0.3) is 0 Å². The minimum atomic E-state index is -2.74. The molecule has 84 valence electrons. The number of hydrogen-bond donors (Lipinski definition) is 1. The quantitative estimate of drug-likeness (QED) is 0.510. The van der Waals surface area contributed by atoms with Crippen LogP contribution in [0.2, 0.25) is 0 Å². The van der Waals surface area contributed by atoms with Gasteiger partial charge < -0.3 is 9.66 Å². The molecule has 0 aliphatic carbocycles. The maximum atomic E-state index is 10.7. The molecule has 0 fully saturated rings. The van der Waals surface area contributed by atoms with E-state index in [0.717, 1.165) is 5.06 Å². The number of rotatable bonds is 6.